The molecule has 8 heteroatoms. The van der Waals surface area contributed by atoms with Crippen LogP contribution < -0.4 is 20.1 Å². The molecule has 0 radical (unpaired) electrons. The highest BCUT2D eigenvalue weighted by molar-refractivity contribution is 7.55. The van der Waals surface area contributed by atoms with Crippen molar-refractivity contribution in [3.8, 4) is 11.5 Å². The van der Waals surface area contributed by atoms with Gasteiger partial charge in [-0.2, -0.15) is 0 Å². The van der Waals surface area contributed by atoms with Gasteiger partial charge in [0.15, 0.2) is 5.78 Å². The average Bonchev–Trinajstić information content (AvgIpc) is 2.74. The Morgan fingerprint density at radius 1 is 0.903 bits per heavy atom. The van der Waals surface area contributed by atoms with Crippen LogP contribution in [0.5, 0.6) is 11.5 Å². The number of amides is 2. The summed E-state index contributed by atoms with van der Waals surface area (Å²) >= 11 is 0. The van der Waals surface area contributed by atoms with Gasteiger partial charge in [0.2, 0.25) is 11.8 Å². The van der Waals surface area contributed by atoms with E-state index in [-0.39, 0.29) is 18.7 Å². The van der Waals surface area contributed by atoms with Crippen molar-refractivity contribution >= 4 is 19.4 Å². The van der Waals surface area contributed by atoms with Gasteiger partial charge in [-0.05, 0) is 30.7 Å². The lowest BCUT2D eigenvalue weighted by Crippen LogP contribution is -2.39. The second-order valence-electron chi connectivity index (χ2n) is 7.27. The summed E-state index contributed by atoms with van der Waals surface area (Å²) in [5, 5.41) is 2.67. The molecule has 1 atom stereocenters. The first-order valence-corrected chi connectivity index (χ1v) is 12.2. The van der Waals surface area contributed by atoms with Crippen LogP contribution in [0.2, 0.25) is 0 Å². The van der Waals surface area contributed by atoms with Gasteiger partial charge in [-0.15, -0.1) is 0 Å². The van der Waals surface area contributed by atoms with Gasteiger partial charge in [0.05, 0.1) is 6.42 Å². The molecule has 0 saturated carbocycles. The fourth-order valence-corrected chi connectivity index (χ4v) is 4.81. The van der Waals surface area contributed by atoms with Gasteiger partial charge in [-0.25, -0.2) is 4.57 Å². The lowest BCUT2D eigenvalue weighted by Gasteiger charge is -2.27. The molecule has 0 bridgehead atoms. The maximum absolute atomic E-state index is 13.9. The van der Waals surface area contributed by atoms with E-state index in [0.717, 1.165) is 25.7 Å². The van der Waals surface area contributed by atoms with Crippen LogP contribution in [0.25, 0.3) is 0 Å². The standard InChI is InChI=1S/C23H31N2O5P/c1-2-3-4-5-12-17-22(27)25-23(18-21(24)26)31(28,29-19-13-8-6-9-14-19)30-20-15-10-7-11-16-20/h6-11,13-16,23H,2-5,12,17-18H2,1H3,(H2,24,26)(H,25,27)/t23-/m0/s1. The number of benzene rings is 2. The van der Waals surface area contributed by atoms with Gasteiger partial charge in [0.1, 0.15) is 11.5 Å². The van der Waals surface area contributed by atoms with E-state index in [1.165, 1.54) is 0 Å². The topological polar surface area (TPSA) is 108 Å². The molecule has 0 aliphatic rings. The molecular formula is C23H31N2O5P. The Kier molecular flexibility index (Phi) is 10.1. The summed E-state index contributed by atoms with van der Waals surface area (Å²) in [4.78, 5) is 24.2. The first kappa shape index (κ1) is 24.5. The predicted molar refractivity (Wildman–Crippen MR) is 121 cm³/mol. The number of rotatable bonds is 14. The van der Waals surface area contributed by atoms with Crippen LogP contribution >= 0.6 is 7.60 Å². The summed E-state index contributed by atoms with van der Waals surface area (Å²) in [6.45, 7) is 2.12. The van der Waals surface area contributed by atoms with Crippen LogP contribution in [0, 0.1) is 0 Å². The highest BCUT2D eigenvalue weighted by Crippen LogP contribution is 2.53. The number of carbonyl (C=O) groups excluding carboxylic acids is 2. The number of nitrogens with one attached hydrogen (secondary N) is 1. The molecule has 7 nitrogen and oxygen atoms in total. The minimum Gasteiger partial charge on any atom is -0.415 e. The van der Waals surface area contributed by atoms with E-state index in [1.807, 2.05) is 0 Å². The minimum atomic E-state index is -4.06. The summed E-state index contributed by atoms with van der Waals surface area (Å²) in [5.74, 6) is -1.67. The summed E-state index contributed by atoms with van der Waals surface area (Å²) in [7, 11) is -4.06. The second kappa shape index (κ2) is 12.8. The van der Waals surface area contributed by atoms with Crippen LogP contribution in [-0.2, 0) is 14.2 Å². The number of primary amides is 1. The highest BCUT2D eigenvalue weighted by Gasteiger charge is 2.41. The second-order valence-corrected chi connectivity index (χ2v) is 9.33. The monoisotopic (exact) mass is 446 g/mol. The Hall–Kier alpha value is -2.79. The van der Waals surface area contributed by atoms with Crippen LogP contribution in [0.15, 0.2) is 60.7 Å². The molecule has 0 unspecified atom stereocenters. The number of hydrogen-bond acceptors (Lipinski definition) is 5. The molecular weight excluding hydrogens is 415 g/mol. The number of unbranched alkanes of at least 4 members (excludes halogenated alkanes) is 4. The first-order chi connectivity index (χ1) is 14.9. The van der Waals surface area contributed by atoms with E-state index in [0.29, 0.717) is 17.9 Å². The van der Waals surface area contributed by atoms with Crippen molar-refractivity contribution in [1.29, 1.82) is 0 Å². The van der Waals surface area contributed by atoms with Gasteiger partial charge in [-0.1, -0.05) is 69.0 Å². The van der Waals surface area contributed by atoms with E-state index < -0.39 is 19.3 Å². The van der Waals surface area contributed by atoms with Crippen LogP contribution in [-0.4, -0.2) is 17.6 Å². The molecule has 0 aromatic heterocycles. The van der Waals surface area contributed by atoms with Crippen molar-refractivity contribution in [3.63, 3.8) is 0 Å². The first-order valence-electron chi connectivity index (χ1n) is 10.6. The maximum Gasteiger partial charge on any atom is 0.453 e. The third-order valence-corrected chi connectivity index (χ3v) is 6.57. The third kappa shape index (κ3) is 8.85. The molecule has 0 aliphatic carbocycles. The molecule has 0 saturated heterocycles. The summed E-state index contributed by atoms with van der Waals surface area (Å²) in [6, 6.07) is 17.0. The Bertz CT molecular complexity index is 815. The maximum atomic E-state index is 13.9. The predicted octanol–water partition coefficient (Wildman–Crippen LogP) is 5.02. The molecule has 2 amide bonds. The Morgan fingerprint density at radius 2 is 1.42 bits per heavy atom. The molecule has 168 valence electrons. The Balaban J connectivity index is 2.20. The smallest absolute Gasteiger partial charge is 0.415 e. The zero-order valence-corrected chi connectivity index (χ0v) is 18.8. The van der Waals surface area contributed by atoms with Crippen LogP contribution in [0.4, 0.5) is 0 Å². The SMILES string of the molecule is CCCCCCCC(=O)N[C@H](CC(N)=O)P(=O)(Oc1ccccc1)Oc1ccccc1. The minimum absolute atomic E-state index is 0.260. The van der Waals surface area contributed by atoms with Crippen molar-refractivity contribution in [2.24, 2.45) is 5.73 Å². The van der Waals surface area contributed by atoms with E-state index in [1.54, 1.807) is 60.7 Å². The lowest BCUT2D eigenvalue weighted by atomic mass is 10.1. The van der Waals surface area contributed by atoms with Crippen molar-refractivity contribution < 1.29 is 23.2 Å². The summed E-state index contributed by atoms with van der Waals surface area (Å²) < 4.78 is 25.3. The highest BCUT2D eigenvalue weighted by atomic mass is 31.2. The molecule has 2 aromatic rings. The van der Waals surface area contributed by atoms with E-state index >= 15 is 0 Å². The van der Waals surface area contributed by atoms with Gasteiger partial charge >= 0.3 is 7.60 Å². The Labute approximate surface area is 183 Å². The summed E-state index contributed by atoms with van der Waals surface area (Å²) in [5.41, 5.74) is 5.39. The zero-order chi connectivity index (χ0) is 22.5. The molecule has 0 heterocycles. The Morgan fingerprint density at radius 3 is 1.90 bits per heavy atom. The molecule has 0 spiro atoms. The lowest BCUT2D eigenvalue weighted by molar-refractivity contribution is -0.122. The number of hydrogen-bond donors (Lipinski definition) is 2. The number of para-hydroxylation sites is 2. The van der Waals surface area contributed by atoms with Gasteiger partial charge in [0, 0.05) is 6.42 Å². The normalized spacial score (nSPS) is 12.0. The molecule has 0 aliphatic heterocycles. The van der Waals surface area contributed by atoms with Crippen molar-refractivity contribution in [2.75, 3.05) is 0 Å². The fourth-order valence-electron chi connectivity index (χ4n) is 2.98. The van der Waals surface area contributed by atoms with Gasteiger partial charge < -0.3 is 20.1 Å². The summed E-state index contributed by atoms with van der Waals surface area (Å²) in [6.07, 6.45) is 4.81. The third-order valence-electron chi connectivity index (χ3n) is 4.56. The number of nitrogens with two attached hydrogens (primary N) is 1. The largest absolute Gasteiger partial charge is 0.453 e. The number of carbonyl (C=O) groups is 2. The van der Waals surface area contributed by atoms with E-state index in [4.69, 9.17) is 14.8 Å². The van der Waals surface area contributed by atoms with Crippen molar-refractivity contribution in [3.05, 3.63) is 60.7 Å². The van der Waals surface area contributed by atoms with Crippen LogP contribution in [0.1, 0.15) is 51.9 Å². The molecule has 3 N–H and O–H groups in total. The zero-order valence-electron chi connectivity index (χ0n) is 17.9. The van der Waals surface area contributed by atoms with Gasteiger partial charge in [-0.3, -0.25) is 9.59 Å². The fraction of sp³-hybridized carbons (Fsp3) is 0.391. The van der Waals surface area contributed by atoms with E-state index in [2.05, 4.69) is 12.2 Å². The van der Waals surface area contributed by atoms with Crippen LogP contribution in [0.3, 0.4) is 0 Å². The van der Waals surface area contributed by atoms with Crippen molar-refractivity contribution in [1.82, 2.24) is 5.32 Å². The molecule has 31 heavy (non-hydrogen) atoms. The van der Waals surface area contributed by atoms with E-state index in [9.17, 15) is 14.2 Å². The molecule has 2 aromatic carbocycles. The van der Waals surface area contributed by atoms with Gasteiger partial charge in [0.25, 0.3) is 0 Å². The average molecular weight is 446 g/mol. The quantitative estimate of drug-likeness (QED) is 0.313. The molecule has 2 rings (SSSR count). The molecule has 0 fully saturated rings. The van der Waals surface area contributed by atoms with Crippen molar-refractivity contribution in [2.45, 2.75) is 57.7 Å².